The molecule has 0 bridgehead atoms. The highest BCUT2D eigenvalue weighted by molar-refractivity contribution is 6.29. The van der Waals surface area contributed by atoms with Gasteiger partial charge in [0.2, 0.25) is 0 Å². The second kappa shape index (κ2) is 5.58. The summed E-state index contributed by atoms with van der Waals surface area (Å²) in [7, 11) is 0. The quantitative estimate of drug-likeness (QED) is 0.766. The molecule has 0 aliphatic rings. The van der Waals surface area contributed by atoms with Crippen molar-refractivity contribution in [3.05, 3.63) is 22.8 Å². The Balaban J connectivity index is 3.12. The van der Waals surface area contributed by atoms with E-state index >= 15 is 0 Å². The molecule has 0 amide bonds. The smallest absolute Gasteiger partial charge is 0.357 e. The molecule has 0 spiro atoms. The number of anilines is 1. The lowest BCUT2D eigenvalue weighted by Crippen LogP contribution is -2.25. The van der Waals surface area contributed by atoms with E-state index in [1.165, 1.54) is 0 Å². The van der Waals surface area contributed by atoms with Gasteiger partial charge in [0.1, 0.15) is 11.0 Å². The number of alkyl halides is 3. The molecule has 0 fully saturated rings. The van der Waals surface area contributed by atoms with Crippen LogP contribution < -0.4 is 4.90 Å². The number of rotatable bonds is 4. The Bertz CT molecular complexity index is 379. The number of pyridine rings is 1. The molecule has 1 aromatic heterocycles. The van der Waals surface area contributed by atoms with Gasteiger partial charge in [-0.1, -0.05) is 18.5 Å². The number of aromatic nitrogens is 1. The third-order valence-electron chi connectivity index (χ3n) is 2.31. The first kappa shape index (κ1) is 14.1. The van der Waals surface area contributed by atoms with E-state index in [2.05, 4.69) is 4.98 Å². The van der Waals surface area contributed by atoms with Crippen LogP contribution in [0.15, 0.2) is 12.1 Å². The van der Waals surface area contributed by atoms with Crippen molar-refractivity contribution in [2.45, 2.75) is 26.4 Å². The average Bonchev–Trinajstić information content (AvgIpc) is 2.23. The van der Waals surface area contributed by atoms with E-state index in [0.29, 0.717) is 13.1 Å². The van der Waals surface area contributed by atoms with Gasteiger partial charge in [-0.05, 0) is 25.5 Å². The monoisotopic (exact) mass is 266 g/mol. The summed E-state index contributed by atoms with van der Waals surface area (Å²) in [6, 6.07) is 1.87. The largest absolute Gasteiger partial charge is 0.416 e. The Morgan fingerprint density at radius 2 is 1.94 bits per heavy atom. The van der Waals surface area contributed by atoms with E-state index in [4.69, 9.17) is 11.6 Å². The van der Waals surface area contributed by atoms with E-state index in [1.54, 1.807) is 4.90 Å². The molecular formula is C11H14ClF3N2. The molecule has 0 saturated heterocycles. The summed E-state index contributed by atoms with van der Waals surface area (Å²) in [6.45, 7) is 5.07. The summed E-state index contributed by atoms with van der Waals surface area (Å²) in [4.78, 5) is 5.69. The third kappa shape index (κ3) is 3.77. The summed E-state index contributed by atoms with van der Waals surface area (Å²) in [5.74, 6) is 0.272. The van der Waals surface area contributed by atoms with Crippen molar-refractivity contribution in [2.24, 2.45) is 0 Å². The predicted octanol–water partition coefficient (Wildman–Crippen LogP) is 3.99. The standard InChI is InChI=1S/C11H14ClF3N2/c1-3-5-17(4-2)10-7-8(11(13,14)15)6-9(12)16-10/h6-7H,3-5H2,1-2H3. The van der Waals surface area contributed by atoms with Gasteiger partial charge in [0.05, 0.1) is 5.56 Å². The molecule has 0 saturated carbocycles. The molecule has 1 rings (SSSR count). The highest BCUT2D eigenvalue weighted by Crippen LogP contribution is 2.32. The lowest BCUT2D eigenvalue weighted by Gasteiger charge is -2.22. The van der Waals surface area contributed by atoms with Crippen molar-refractivity contribution >= 4 is 17.4 Å². The van der Waals surface area contributed by atoms with Crippen molar-refractivity contribution in [2.75, 3.05) is 18.0 Å². The van der Waals surface area contributed by atoms with Gasteiger partial charge in [0.25, 0.3) is 0 Å². The van der Waals surface area contributed by atoms with Crippen LogP contribution in [0.1, 0.15) is 25.8 Å². The van der Waals surface area contributed by atoms with Gasteiger partial charge < -0.3 is 4.90 Å². The van der Waals surface area contributed by atoms with Gasteiger partial charge in [-0.25, -0.2) is 4.98 Å². The Morgan fingerprint density at radius 1 is 1.29 bits per heavy atom. The average molecular weight is 267 g/mol. The minimum atomic E-state index is -4.40. The number of hydrogen-bond acceptors (Lipinski definition) is 2. The zero-order valence-corrected chi connectivity index (χ0v) is 10.4. The van der Waals surface area contributed by atoms with Crippen LogP contribution in [-0.4, -0.2) is 18.1 Å². The molecule has 0 unspecified atom stereocenters. The number of halogens is 4. The molecule has 0 aliphatic heterocycles. The normalized spacial score (nSPS) is 11.6. The van der Waals surface area contributed by atoms with E-state index in [0.717, 1.165) is 18.6 Å². The van der Waals surface area contributed by atoms with Crippen LogP contribution in [0.25, 0.3) is 0 Å². The first-order valence-electron chi connectivity index (χ1n) is 5.38. The molecule has 0 aromatic carbocycles. The maximum absolute atomic E-state index is 12.6. The van der Waals surface area contributed by atoms with E-state index < -0.39 is 11.7 Å². The second-order valence-electron chi connectivity index (χ2n) is 3.61. The molecule has 0 N–H and O–H groups in total. The predicted molar refractivity (Wildman–Crippen MR) is 62.4 cm³/mol. The lowest BCUT2D eigenvalue weighted by atomic mass is 10.2. The first-order chi connectivity index (χ1) is 7.88. The first-order valence-corrected chi connectivity index (χ1v) is 5.76. The minimum Gasteiger partial charge on any atom is -0.357 e. The van der Waals surface area contributed by atoms with E-state index in [-0.39, 0.29) is 11.0 Å². The topological polar surface area (TPSA) is 16.1 Å². The van der Waals surface area contributed by atoms with Crippen molar-refractivity contribution in [1.29, 1.82) is 0 Å². The fraction of sp³-hybridized carbons (Fsp3) is 0.545. The molecule has 6 heteroatoms. The van der Waals surface area contributed by atoms with Crippen LogP contribution in [0.2, 0.25) is 5.15 Å². The Kier molecular flexibility index (Phi) is 4.62. The zero-order valence-electron chi connectivity index (χ0n) is 9.68. The van der Waals surface area contributed by atoms with Crippen LogP contribution in [0.3, 0.4) is 0 Å². The van der Waals surface area contributed by atoms with Crippen LogP contribution in [0, 0.1) is 0 Å². The van der Waals surface area contributed by atoms with Gasteiger partial charge in [-0.15, -0.1) is 0 Å². The Labute approximate surface area is 103 Å². The van der Waals surface area contributed by atoms with Crippen LogP contribution >= 0.6 is 11.6 Å². The van der Waals surface area contributed by atoms with Crippen LogP contribution in [0.4, 0.5) is 19.0 Å². The molecule has 0 atom stereocenters. The van der Waals surface area contributed by atoms with Gasteiger partial charge >= 0.3 is 6.18 Å². The summed E-state index contributed by atoms with van der Waals surface area (Å²) in [6.07, 6.45) is -3.56. The summed E-state index contributed by atoms with van der Waals surface area (Å²) in [5.41, 5.74) is -0.762. The molecule has 96 valence electrons. The second-order valence-corrected chi connectivity index (χ2v) is 4.00. The molecule has 0 aliphatic carbocycles. The lowest BCUT2D eigenvalue weighted by molar-refractivity contribution is -0.137. The Morgan fingerprint density at radius 3 is 2.41 bits per heavy atom. The van der Waals surface area contributed by atoms with E-state index in [1.807, 2.05) is 13.8 Å². The van der Waals surface area contributed by atoms with Gasteiger partial charge in [0, 0.05) is 13.1 Å². The molecule has 1 heterocycles. The van der Waals surface area contributed by atoms with Crippen LogP contribution in [-0.2, 0) is 6.18 Å². The highest BCUT2D eigenvalue weighted by atomic mass is 35.5. The Hall–Kier alpha value is -0.970. The molecular weight excluding hydrogens is 253 g/mol. The van der Waals surface area contributed by atoms with Crippen molar-refractivity contribution in [3.63, 3.8) is 0 Å². The zero-order chi connectivity index (χ0) is 13.1. The number of nitrogens with zero attached hydrogens (tertiary/aromatic N) is 2. The van der Waals surface area contributed by atoms with Crippen molar-refractivity contribution in [1.82, 2.24) is 4.98 Å². The van der Waals surface area contributed by atoms with Gasteiger partial charge in [-0.3, -0.25) is 0 Å². The highest BCUT2D eigenvalue weighted by Gasteiger charge is 2.31. The van der Waals surface area contributed by atoms with Crippen molar-refractivity contribution in [3.8, 4) is 0 Å². The molecule has 1 aromatic rings. The molecule has 0 radical (unpaired) electrons. The number of hydrogen-bond donors (Lipinski definition) is 0. The third-order valence-corrected chi connectivity index (χ3v) is 2.50. The van der Waals surface area contributed by atoms with E-state index in [9.17, 15) is 13.2 Å². The summed E-state index contributed by atoms with van der Waals surface area (Å²) < 4.78 is 37.8. The minimum absolute atomic E-state index is 0.135. The van der Waals surface area contributed by atoms with Gasteiger partial charge in [0.15, 0.2) is 0 Å². The van der Waals surface area contributed by atoms with Crippen LogP contribution in [0.5, 0.6) is 0 Å². The summed E-state index contributed by atoms with van der Waals surface area (Å²) in [5, 5.41) is -0.135. The maximum Gasteiger partial charge on any atom is 0.416 e. The summed E-state index contributed by atoms with van der Waals surface area (Å²) >= 11 is 5.62. The maximum atomic E-state index is 12.6. The van der Waals surface area contributed by atoms with Gasteiger partial charge in [-0.2, -0.15) is 13.2 Å². The molecule has 2 nitrogen and oxygen atoms in total. The fourth-order valence-corrected chi connectivity index (χ4v) is 1.72. The fourth-order valence-electron chi connectivity index (χ4n) is 1.51. The SMILES string of the molecule is CCCN(CC)c1cc(C(F)(F)F)cc(Cl)n1. The molecule has 17 heavy (non-hydrogen) atoms. The van der Waals surface area contributed by atoms with Crippen molar-refractivity contribution < 1.29 is 13.2 Å².